The molecule has 25 heavy (non-hydrogen) atoms. The highest BCUT2D eigenvalue weighted by Gasteiger charge is 2.03. The Morgan fingerprint density at radius 3 is 2.28 bits per heavy atom. The van der Waals surface area contributed by atoms with Crippen molar-refractivity contribution in [2.75, 3.05) is 13.2 Å². The van der Waals surface area contributed by atoms with Crippen molar-refractivity contribution in [1.82, 2.24) is 5.32 Å². The summed E-state index contributed by atoms with van der Waals surface area (Å²) in [5, 5.41) is 11.5. The molecule has 0 spiro atoms. The summed E-state index contributed by atoms with van der Waals surface area (Å²) in [6.45, 7) is 0.234. The number of carbonyl (C=O) groups is 2. The van der Waals surface area contributed by atoms with E-state index in [1.54, 1.807) is 12.1 Å². The summed E-state index contributed by atoms with van der Waals surface area (Å²) in [6.07, 6.45) is 3.00. The van der Waals surface area contributed by atoms with Gasteiger partial charge in [0.1, 0.15) is 5.75 Å². The molecule has 0 fully saturated rings. The standard InChI is InChI=1S/C20H23NO4/c22-19(8-4-7-16-5-2-1-3-6-16)21-14-13-17-9-11-18(12-10-17)25-15-20(23)24/h1-3,5-6,9-12H,4,7-8,13-15H2,(H,21,22)(H,23,24). The van der Waals surface area contributed by atoms with Gasteiger partial charge in [-0.3, -0.25) is 4.79 Å². The van der Waals surface area contributed by atoms with Gasteiger partial charge in [-0.15, -0.1) is 0 Å². The van der Waals surface area contributed by atoms with Crippen molar-refractivity contribution in [2.45, 2.75) is 25.7 Å². The van der Waals surface area contributed by atoms with E-state index in [1.165, 1.54) is 5.56 Å². The maximum atomic E-state index is 11.8. The fourth-order valence-corrected chi connectivity index (χ4v) is 2.43. The number of rotatable bonds is 10. The van der Waals surface area contributed by atoms with Gasteiger partial charge in [0, 0.05) is 13.0 Å². The van der Waals surface area contributed by atoms with Crippen molar-refractivity contribution in [3.63, 3.8) is 0 Å². The SMILES string of the molecule is O=C(O)COc1ccc(CCNC(=O)CCCc2ccccc2)cc1. The van der Waals surface area contributed by atoms with E-state index in [2.05, 4.69) is 17.4 Å². The van der Waals surface area contributed by atoms with Crippen molar-refractivity contribution >= 4 is 11.9 Å². The van der Waals surface area contributed by atoms with Crippen LogP contribution in [0.4, 0.5) is 0 Å². The van der Waals surface area contributed by atoms with Crippen LogP contribution in [0.15, 0.2) is 54.6 Å². The lowest BCUT2D eigenvalue weighted by Crippen LogP contribution is -2.25. The molecular formula is C20H23NO4. The molecule has 0 bridgehead atoms. The van der Waals surface area contributed by atoms with Crippen LogP contribution in [-0.4, -0.2) is 30.1 Å². The number of aliphatic carboxylic acids is 1. The van der Waals surface area contributed by atoms with Crippen LogP contribution in [0.5, 0.6) is 5.75 Å². The van der Waals surface area contributed by atoms with Gasteiger partial charge in [-0.25, -0.2) is 4.79 Å². The van der Waals surface area contributed by atoms with Crippen LogP contribution in [0.25, 0.3) is 0 Å². The molecule has 0 radical (unpaired) electrons. The van der Waals surface area contributed by atoms with Gasteiger partial charge in [-0.05, 0) is 42.5 Å². The van der Waals surface area contributed by atoms with Crippen LogP contribution in [0.3, 0.4) is 0 Å². The molecule has 2 rings (SSSR count). The Balaban J connectivity index is 1.61. The zero-order valence-electron chi connectivity index (χ0n) is 14.1. The molecule has 2 aromatic rings. The average molecular weight is 341 g/mol. The van der Waals surface area contributed by atoms with Crippen molar-refractivity contribution < 1.29 is 19.4 Å². The van der Waals surface area contributed by atoms with Gasteiger partial charge in [-0.1, -0.05) is 42.5 Å². The number of ether oxygens (including phenoxy) is 1. The number of amides is 1. The summed E-state index contributed by atoms with van der Waals surface area (Å²) in [7, 11) is 0. The molecule has 5 nitrogen and oxygen atoms in total. The van der Waals surface area contributed by atoms with E-state index >= 15 is 0 Å². The first kappa shape index (κ1) is 18.5. The van der Waals surface area contributed by atoms with E-state index < -0.39 is 5.97 Å². The number of carbonyl (C=O) groups excluding carboxylic acids is 1. The Morgan fingerprint density at radius 2 is 1.60 bits per heavy atom. The number of nitrogens with one attached hydrogen (secondary N) is 1. The van der Waals surface area contributed by atoms with Gasteiger partial charge in [0.15, 0.2) is 6.61 Å². The van der Waals surface area contributed by atoms with Gasteiger partial charge < -0.3 is 15.2 Å². The summed E-state index contributed by atoms with van der Waals surface area (Å²) >= 11 is 0. The van der Waals surface area contributed by atoms with Gasteiger partial charge >= 0.3 is 5.97 Å². The van der Waals surface area contributed by atoms with Crippen molar-refractivity contribution in [1.29, 1.82) is 0 Å². The normalized spacial score (nSPS) is 10.2. The highest BCUT2D eigenvalue weighted by molar-refractivity contribution is 5.75. The van der Waals surface area contributed by atoms with E-state index in [9.17, 15) is 9.59 Å². The predicted octanol–water partition coefficient (Wildman–Crippen LogP) is 2.83. The van der Waals surface area contributed by atoms with Crippen molar-refractivity contribution in [3.8, 4) is 5.75 Å². The zero-order chi connectivity index (χ0) is 17.9. The number of aryl methyl sites for hydroxylation is 1. The summed E-state index contributed by atoms with van der Waals surface area (Å²) in [5.41, 5.74) is 2.31. The minimum absolute atomic E-state index is 0.0670. The molecule has 2 N–H and O–H groups in total. The monoisotopic (exact) mass is 341 g/mol. The predicted molar refractivity (Wildman–Crippen MR) is 95.7 cm³/mol. The number of hydrogen-bond donors (Lipinski definition) is 2. The summed E-state index contributed by atoms with van der Waals surface area (Å²) in [6, 6.07) is 17.4. The Kier molecular flexibility index (Phi) is 7.50. The highest BCUT2D eigenvalue weighted by Crippen LogP contribution is 2.12. The summed E-state index contributed by atoms with van der Waals surface area (Å²) in [5.74, 6) is -0.410. The third kappa shape index (κ3) is 7.52. The van der Waals surface area contributed by atoms with E-state index in [0.29, 0.717) is 18.7 Å². The average Bonchev–Trinajstić information content (AvgIpc) is 2.62. The van der Waals surface area contributed by atoms with Crippen LogP contribution in [0.1, 0.15) is 24.0 Å². The van der Waals surface area contributed by atoms with Crippen molar-refractivity contribution in [2.24, 2.45) is 0 Å². The van der Waals surface area contributed by atoms with Crippen LogP contribution >= 0.6 is 0 Å². The molecule has 0 atom stereocenters. The third-order valence-electron chi connectivity index (χ3n) is 3.73. The first-order chi connectivity index (χ1) is 12.1. The minimum atomic E-state index is -1.00. The van der Waals surface area contributed by atoms with Crippen LogP contribution in [0, 0.1) is 0 Å². The first-order valence-electron chi connectivity index (χ1n) is 8.37. The molecule has 0 saturated heterocycles. The maximum absolute atomic E-state index is 11.8. The lowest BCUT2D eigenvalue weighted by Gasteiger charge is -2.07. The second-order valence-corrected chi connectivity index (χ2v) is 5.77. The topological polar surface area (TPSA) is 75.6 Å². The molecule has 2 aromatic carbocycles. The summed E-state index contributed by atoms with van der Waals surface area (Å²) in [4.78, 5) is 22.3. The third-order valence-corrected chi connectivity index (χ3v) is 3.73. The quantitative estimate of drug-likeness (QED) is 0.697. The second kappa shape index (κ2) is 10.1. The highest BCUT2D eigenvalue weighted by atomic mass is 16.5. The largest absolute Gasteiger partial charge is 0.482 e. The second-order valence-electron chi connectivity index (χ2n) is 5.77. The summed E-state index contributed by atoms with van der Waals surface area (Å²) < 4.78 is 5.08. The molecule has 0 aliphatic carbocycles. The molecule has 5 heteroatoms. The van der Waals surface area contributed by atoms with Crippen molar-refractivity contribution in [3.05, 3.63) is 65.7 Å². The Morgan fingerprint density at radius 1 is 0.920 bits per heavy atom. The Bertz CT molecular complexity index is 668. The lowest BCUT2D eigenvalue weighted by atomic mass is 10.1. The van der Waals surface area contributed by atoms with E-state index in [0.717, 1.165) is 24.8 Å². The van der Waals surface area contributed by atoms with Gasteiger partial charge in [0.25, 0.3) is 0 Å². The van der Waals surface area contributed by atoms with E-state index in [4.69, 9.17) is 9.84 Å². The van der Waals surface area contributed by atoms with Crippen LogP contribution < -0.4 is 10.1 Å². The minimum Gasteiger partial charge on any atom is -0.482 e. The first-order valence-corrected chi connectivity index (χ1v) is 8.37. The lowest BCUT2D eigenvalue weighted by molar-refractivity contribution is -0.139. The number of benzene rings is 2. The van der Waals surface area contributed by atoms with E-state index in [-0.39, 0.29) is 12.5 Å². The Labute approximate surface area is 147 Å². The van der Waals surface area contributed by atoms with Crippen LogP contribution in [0.2, 0.25) is 0 Å². The molecule has 0 aliphatic heterocycles. The zero-order valence-corrected chi connectivity index (χ0v) is 14.1. The molecule has 0 aliphatic rings. The molecular weight excluding hydrogens is 318 g/mol. The molecule has 0 aromatic heterocycles. The number of carboxylic acid groups (broad SMARTS) is 1. The molecule has 0 heterocycles. The van der Waals surface area contributed by atoms with Gasteiger partial charge in [-0.2, -0.15) is 0 Å². The van der Waals surface area contributed by atoms with Gasteiger partial charge in [0.05, 0.1) is 0 Å². The molecule has 0 saturated carbocycles. The molecule has 1 amide bonds. The molecule has 132 valence electrons. The number of hydrogen-bond acceptors (Lipinski definition) is 3. The van der Waals surface area contributed by atoms with Crippen LogP contribution in [-0.2, 0) is 22.4 Å². The fraction of sp³-hybridized carbons (Fsp3) is 0.300. The fourth-order valence-electron chi connectivity index (χ4n) is 2.43. The number of carboxylic acids is 1. The maximum Gasteiger partial charge on any atom is 0.341 e. The van der Waals surface area contributed by atoms with Gasteiger partial charge in [0.2, 0.25) is 5.91 Å². The smallest absolute Gasteiger partial charge is 0.341 e. The molecule has 0 unspecified atom stereocenters. The van der Waals surface area contributed by atoms with E-state index in [1.807, 2.05) is 30.3 Å². The Hall–Kier alpha value is -2.82.